The number of amides is 1. The van der Waals surface area contributed by atoms with Crippen LogP contribution in [0.2, 0.25) is 0 Å². The van der Waals surface area contributed by atoms with Gasteiger partial charge in [0.1, 0.15) is 24.6 Å². The van der Waals surface area contributed by atoms with Gasteiger partial charge in [0.2, 0.25) is 0 Å². The van der Waals surface area contributed by atoms with Gasteiger partial charge in [-0.05, 0) is 55.8 Å². The van der Waals surface area contributed by atoms with E-state index in [4.69, 9.17) is 19.9 Å². The summed E-state index contributed by atoms with van der Waals surface area (Å²) in [7, 11) is 0. The molecule has 166 valence electrons. The lowest BCUT2D eigenvalue weighted by Crippen LogP contribution is -2.26. The third-order valence-corrected chi connectivity index (χ3v) is 5.09. The number of benzene rings is 2. The number of carbonyl (C=O) groups is 2. The zero-order valence-corrected chi connectivity index (χ0v) is 17.8. The maximum Gasteiger partial charge on any atom is 0.343 e. The van der Waals surface area contributed by atoms with Crippen molar-refractivity contribution >= 4 is 17.7 Å². The molecule has 0 radical (unpaired) electrons. The van der Waals surface area contributed by atoms with Gasteiger partial charge in [-0.15, -0.1) is 0 Å². The predicted molar refractivity (Wildman–Crippen MR) is 117 cm³/mol. The first-order valence-electron chi connectivity index (χ1n) is 10.3. The minimum Gasteiger partial charge on any atom is -0.486 e. The van der Waals surface area contributed by atoms with Gasteiger partial charge in [-0.1, -0.05) is 6.07 Å². The number of hydrogen-bond acceptors (Lipinski definition) is 7. The highest BCUT2D eigenvalue weighted by molar-refractivity contribution is 5.95. The van der Waals surface area contributed by atoms with E-state index in [1.807, 2.05) is 25.1 Å². The van der Waals surface area contributed by atoms with Gasteiger partial charge in [0, 0.05) is 5.56 Å². The van der Waals surface area contributed by atoms with Crippen LogP contribution in [0.3, 0.4) is 0 Å². The Kier molecular flexibility index (Phi) is 5.98. The second kappa shape index (κ2) is 9.01. The quantitative estimate of drug-likeness (QED) is 0.571. The van der Waals surface area contributed by atoms with Crippen LogP contribution in [0.1, 0.15) is 46.2 Å². The molecule has 1 aliphatic heterocycles. The van der Waals surface area contributed by atoms with Crippen molar-refractivity contribution in [3.05, 3.63) is 65.4 Å². The van der Waals surface area contributed by atoms with Crippen LogP contribution in [0.15, 0.2) is 48.7 Å². The van der Waals surface area contributed by atoms with Gasteiger partial charge < -0.3 is 25.3 Å². The number of nitrogens with two attached hydrogens (primary N) is 1. The first-order valence-corrected chi connectivity index (χ1v) is 10.3. The molecule has 1 aliphatic rings. The number of anilines is 1. The number of aromatic nitrogens is 2. The van der Waals surface area contributed by atoms with Gasteiger partial charge in [-0.25, -0.2) is 9.48 Å². The molecule has 0 aliphatic carbocycles. The summed E-state index contributed by atoms with van der Waals surface area (Å²) < 4.78 is 17.5. The Bertz CT molecular complexity index is 1140. The summed E-state index contributed by atoms with van der Waals surface area (Å²) in [5.41, 5.74) is 8.25. The zero-order chi connectivity index (χ0) is 22.7. The van der Waals surface area contributed by atoms with Crippen LogP contribution in [0.5, 0.6) is 11.5 Å². The Morgan fingerprint density at radius 1 is 1.16 bits per heavy atom. The zero-order valence-electron chi connectivity index (χ0n) is 17.8. The standard InChI is InChI=1S/C23H24N4O5/c1-3-30-23(29)18-13-25-27(21(18)24)17-7-4-15(5-8-17)22(28)26-14(2)16-6-9-19-20(12-16)32-11-10-31-19/h4-9,12-14H,3,10-11,24H2,1-2H3,(H,26,28). The number of carbonyl (C=O) groups excluding carboxylic acids is 2. The van der Waals surface area contributed by atoms with E-state index < -0.39 is 5.97 Å². The minimum atomic E-state index is -0.527. The fourth-order valence-electron chi connectivity index (χ4n) is 3.38. The van der Waals surface area contributed by atoms with Crippen LogP contribution >= 0.6 is 0 Å². The fraction of sp³-hybridized carbons (Fsp3) is 0.261. The van der Waals surface area contributed by atoms with E-state index in [-0.39, 0.29) is 29.9 Å². The SMILES string of the molecule is CCOC(=O)c1cnn(-c2ccc(C(=O)NC(C)c3ccc4c(c3)OCCO4)cc2)c1N. The molecule has 3 aromatic rings. The Balaban J connectivity index is 1.45. The summed E-state index contributed by atoms with van der Waals surface area (Å²) in [6.07, 6.45) is 1.36. The average molecular weight is 436 g/mol. The predicted octanol–water partition coefficient (Wildman–Crippen LogP) is 2.89. The van der Waals surface area contributed by atoms with Crippen molar-refractivity contribution in [3.8, 4) is 17.2 Å². The Hall–Kier alpha value is -4.01. The Labute approximate surface area is 185 Å². The molecule has 1 atom stereocenters. The fourth-order valence-corrected chi connectivity index (χ4v) is 3.38. The van der Waals surface area contributed by atoms with Crippen LogP contribution in [-0.4, -0.2) is 41.5 Å². The summed E-state index contributed by atoms with van der Waals surface area (Å²) in [6, 6.07) is 12.2. The molecule has 4 rings (SSSR count). The van der Waals surface area contributed by atoms with Crippen LogP contribution < -0.4 is 20.5 Å². The normalized spacial score (nSPS) is 13.3. The summed E-state index contributed by atoms with van der Waals surface area (Å²) >= 11 is 0. The molecular formula is C23H24N4O5. The summed E-state index contributed by atoms with van der Waals surface area (Å²) in [5, 5.41) is 7.13. The summed E-state index contributed by atoms with van der Waals surface area (Å²) in [5.74, 6) is 0.809. The van der Waals surface area contributed by atoms with E-state index in [1.54, 1.807) is 31.2 Å². The molecule has 0 fully saturated rings. The highest BCUT2D eigenvalue weighted by Crippen LogP contribution is 2.32. The van der Waals surface area contributed by atoms with Crippen molar-refractivity contribution < 1.29 is 23.8 Å². The van der Waals surface area contributed by atoms with E-state index in [0.29, 0.717) is 36.0 Å². The maximum absolute atomic E-state index is 12.7. The Morgan fingerprint density at radius 3 is 2.59 bits per heavy atom. The van der Waals surface area contributed by atoms with E-state index in [9.17, 15) is 9.59 Å². The van der Waals surface area contributed by atoms with Crippen LogP contribution in [0, 0.1) is 0 Å². The first-order chi connectivity index (χ1) is 15.5. The van der Waals surface area contributed by atoms with E-state index in [2.05, 4.69) is 10.4 Å². The van der Waals surface area contributed by atoms with Crippen molar-refractivity contribution in [2.45, 2.75) is 19.9 Å². The molecule has 0 saturated carbocycles. The molecule has 0 spiro atoms. The van der Waals surface area contributed by atoms with E-state index >= 15 is 0 Å². The van der Waals surface area contributed by atoms with Crippen molar-refractivity contribution in [2.75, 3.05) is 25.6 Å². The Morgan fingerprint density at radius 2 is 1.88 bits per heavy atom. The third-order valence-electron chi connectivity index (χ3n) is 5.09. The van der Waals surface area contributed by atoms with Gasteiger partial charge >= 0.3 is 5.97 Å². The van der Waals surface area contributed by atoms with E-state index in [1.165, 1.54) is 10.9 Å². The molecule has 1 amide bonds. The second-order valence-electron chi connectivity index (χ2n) is 7.22. The van der Waals surface area contributed by atoms with E-state index in [0.717, 1.165) is 5.56 Å². The molecule has 0 bridgehead atoms. The van der Waals surface area contributed by atoms with Crippen LogP contribution in [0.4, 0.5) is 5.82 Å². The van der Waals surface area contributed by atoms with Gasteiger partial charge in [0.25, 0.3) is 5.91 Å². The largest absolute Gasteiger partial charge is 0.486 e. The molecule has 2 heterocycles. The minimum absolute atomic E-state index is 0.174. The number of hydrogen-bond donors (Lipinski definition) is 2. The molecular weight excluding hydrogens is 412 g/mol. The van der Waals surface area contributed by atoms with Crippen molar-refractivity contribution in [1.29, 1.82) is 0 Å². The van der Waals surface area contributed by atoms with Crippen molar-refractivity contribution in [3.63, 3.8) is 0 Å². The molecule has 2 aromatic carbocycles. The number of fused-ring (bicyclic) bond motifs is 1. The van der Waals surface area contributed by atoms with Crippen LogP contribution in [0.25, 0.3) is 5.69 Å². The smallest absolute Gasteiger partial charge is 0.343 e. The average Bonchev–Trinajstić information content (AvgIpc) is 3.20. The molecule has 9 nitrogen and oxygen atoms in total. The lowest BCUT2D eigenvalue weighted by atomic mass is 10.1. The molecule has 0 saturated heterocycles. The molecule has 32 heavy (non-hydrogen) atoms. The highest BCUT2D eigenvalue weighted by atomic mass is 16.6. The lowest BCUT2D eigenvalue weighted by molar-refractivity contribution is 0.0527. The summed E-state index contributed by atoms with van der Waals surface area (Å²) in [4.78, 5) is 24.7. The van der Waals surface area contributed by atoms with Gasteiger partial charge in [0.15, 0.2) is 11.5 Å². The molecule has 1 aromatic heterocycles. The number of nitrogen functional groups attached to an aromatic ring is 1. The van der Waals surface area contributed by atoms with Gasteiger partial charge in [-0.2, -0.15) is 5.10 Å². The molecule has 1 unspecified atom stereocenters. The second-order valence-corrected chi connectivity index (χ2v) is 7.22. The van der Waals surface area contributed by atoms with Crippen LogP contribution in [-0.2, 0) is 4.74 Å². The third kappa shape index (κ3) is 4.22. The van der Waals surface area contributed by atoms with Gasteiger partial charge in [0.05, 0.1) is 24.5 Å². The van der Waals surface area contributed by atoms with Crippen molar-refractivity contribution in [2.24, 2.45) is 0 Å². The lowest BCUT2D eigenvalue weighted by Gasteiger charge is -2.21. The maximum atomic E-state index is 12.7. The topological polar surface area (TPSA) is 118 Å². The monoisotopic (exact) mass is 436 g/mol. The van der Waals surface area contributed by atoms with Crippen molar-refractivity contribution in [1.82, 2.24) is 15.1 Å². The number of nitrogens with zero attached hydrogens (tertiary/aromatic N) is 2. The molecule has 9 heteroatoms. The number of rotatable bonds is 6. The highest BCUT2D eigenvalue weighted by Gasteiger charge is 2.19. The number of ether oxygens (including phenoxy) is 3. The summed E-state index contributed by atoms with van der Waals surface area (Å²) in [6.45, 7) is 4.91. The number of nitrogens with one attached hydrogen (secondary N) is 1. The first kappa shape index (κ1) is 21.2. The van der Waals surface area contributed by atoms with Gasteiger partial charge in [-0.3, -0.25) is 4.79 Å². The molecule has 3 N–H and O–H groups in total. The number of esters is 1.